The summed E-state index contributed by atoms with van der Waals surface area (Å²) < 4.78 is 39.6. The molecule has 30 heavy (non-hydrogen) atoms. The van der Waals surface area contributed by atoms with Crippen LogP contribution < -0.4 is 10.6 Å². The minimum absolute atomic E-state index is 0.0256. The van der Waals surface area contributed by atoms with Crippen LogP contribution in [0.1, 0.15) is 62.4 Å². The number of benzene rings is 1. The maximum absolute atomic E-state index is 13.2. The maximum Gasteiger partial charge on any atom is 0.394 e. The quantitative estimate of drug-likeness (QED) is 0.524. The van der Waals surface area contributed by atoms with Gasteiger partial charge in [-0.2, -0.15) is 13.2 Å². The average Bonchev–Trinajstić information content (AvgIpc) is 2.96. The second-order valence-corrected chi connectivity index (χ2v) is 11.0. The summed E-state index contributed by atoms with van der Waals surface area (Å²) in [4.78, 5) is 2.41. The maximum atomic E-state index is 13.2. The molecule has 2 heterocycles. The zero-order chi connectivity index (χ0) is 22.3. The van der Waals surface area contributed by atoms with Gasteiger partial charge in [-0.05, 0) is 53.3 Å². The lowest BCUT2D eigenvalue weighted by atomic mass is 9.85. The van der Waals surface area contributed by atoms with Crippen molar-refractivity contribution in [1.29, 1.82) is 0 Å². The molecule has 0 bridgehead atoms. The number of fused-ring (bicyclic) bond motifs is 1. The lowest BCUT2D eigenvalue weighted by Crippen LogP contribution is -2.37. The Morgan fingerprint density at radius 1 is 1.03 bits per heavy atom. The molecular formula is C24H31F3N2S. The largest absolute Gasteiger partial charge is 0.394 e. The van der Waals surface area contributed by atoms with Crippen molar-refractivity contribution in [3.63, 3.8) is 0 Å². The minimum atomic E-state index is -4.22. The zero-order valence-corrected chi connectivity index (χ0v) is 19.3. The van der Waals surface area contributed by atoms with E-state index < -0.39 is 11.6 Å². The van der Waals surface area contributed by atoms with Crippen molar-refractivity contribution in [2.45, 2.75) is 60.3 Å². The Bertz CT molecular complexity index is 916. The van der Waals surface area contributed by atoms with Gasteiger partial charge in [-0.15, -0.1) is 11.3 Å². The van der Waals surface area contributed by atoms with Crippen molar-refractivity contribution < 1.29 is 13.2 Å². The molecule has 3 rings (SSSR count). The van der Waals surface area contributed by atoms with Crippen LogP contribution in [-0.4, -0.2) is 12.7 Å². The van der Waals surface area contributed by atoms with E-state index in [0.717, 1.165) is 17.0 Å². The van der Waals surface area contributed by atoms with Gasteiger partial charge in [0.1, 0.15) is 6.17 Å². The summed E-state index contributed by atoms with van der Waals surface area (Å²) in [6, 6.07) is 7.54. The topological polar surface area (TPSA) is 24.1 Å². The Morgan fingerprint density at radius 2 is 1.67 bits per heavy atom. The van der Waals surface area contributed by atoms with Gasteiger partial charge in [0.2, 0.25) is 0 Å². The van der Waals surface area contributed by atoms with Gasteiger partial charge in [-0.3, -0.25) is 5.32 Å². The summed E-state index contributed by atoms with van der Waals surface area (Å²) in [5, 5.41) is 7.00. The van der Waals surface area contributed by atoms with Crippen LogP contribution in [0.3, 0.4) is 0 Å². The predicted octanol–water partition coefficient (Wildman–Crippen LogP) is 7.06. The highest BCUT2D eigenvalue weighted by Crippen LogP contribution is 2.42. The van der Waals surface area contributed by atoms with E-state index in [1.807, 2.05) is 30.5 Å². The smallest absolute Gasteiger partial charge is 0.371 e. The van der Waals surface area contributed by atoms with E-state index in [9.17, 15) is 13.2 Å². The van der Waals surface area contributed by atoms with Gasteiger partial charge in [-0.25, -0.2) is 0 Å². The molecule has 1 aromatic heterocycles. The number of hydrogen-bond donors (Lipinski definition) is 2. The van der Waals surface area contributed by atoms with E-state index in [2.05, 4.69) is 44.4 Å². The molecule has 2 nitrogen and oxygen atoms in total. The fourth-order valence-corrected chi connectivity index (χ4v) is 4.83. The molecule has 0 spiro atoms. The molecular weight excluding hydrogens is 405 g/mol. The first-order chi connectivity index (χ1) is 13.8. The van der Waals surface area contributed by atoms with Crippen LogP contribution in [0.25, 0.3) is 16.5 Å². The van der Waals surface area contributed by atoms with Crippen LogP contribution in [0.5, 0.6) is 0 Å². The van der Waals surface area contributed by atoms with Crippen molar-refractivity contribution in [1.82, 2.24) is 10.6 Å². The molecule has 0 saturated carbocycles. The Morgan fingerprint density at radius 3 is 2.23 bits per heavy atom. The second kappa shape index (κ2) is 8.04. The predicted molar refractivity (Wildman–Crippen MR) is 120 cm³/mol. The summed E-state index contributed by atoms with van der Waals surface area (Å²) in [7, 11) is 0. The fourth-order valence-electron chi connectivity index (χ4n) is 3.49. The van der Waals surface area contributed by atoms with E-state index in [4.69, 9.17) is 0 Å². The molecule has 2 N–H and O–H groups in total. The first-order valence-electron chi connectivity index (χ1n) is 10.2. The molecule has 0 radical (unpaired) electrons. The number of alkyl halides is 3. The summed E-state index contributed by atoms with van der Waals surface area (Å²) in [5.41, 5.74) is 2.61. The molecule has 1 atom stereocenters. The molecule has 0 fully saturated rings. The SMILES string of the molecule is Cc1c(-c2ccc(CC(C)(C)C(F)(F)F)cc2)sc2c1C=CNC2NCC(C)(C)C. The van der Waals surface area contributed by atoms with Crippen molar-refractivity contribution in [2.24, 2.45) is 10.8 Å². The van der Waals surface area contributed by atoms with E-state index in [-0.39, 0.29) is 18.0 Å². The molecule has 1 aliphatic heterocycles. The van der Waals surface area contributed by atoms with Crippen molar-refractivity contribution in [2.75, 3.05) is 6.54 Å². The molecule has 1 aliphatic rings. The van der Waals surface area contributed by atoms with Gasteiger partial charge in [0, 0.05) is 16.3 Å². The summed E-state index contributed by atoms with van der Waals surface area (Å²) in [6.45, 7) is 12.1. The third kappa shape index (κ3) is 4.92. The molecule has 0 aliphatic carbocycles. The average molecular weight is 437 g/mol. The van der Waals surface area contributed by atoms with Gasteiger partial charge < -0.3 is 5.32 Å². The molecule has 1 aromatic carbocycles. The lowest BCUT2D eigenvalue weighted by molar-refractivity contribution is -0.211. The number of thiophene rings is 1. The van der Waals surface area contributed by atoms with Crippen LogP contribution >= 0.6 is 11.3 Å². The Kier molecular flexibility index (Phi) is 6.14. The van der Waals surface area contributed by atoms with Crippen molar-refractivity contribution in [3.05, 3.63) is 52.0 Å². The molecule has 2 aromatic rings. The van der Waals surface area contributed by atoms with Crippen molar-refractivity contribution in [3.8, 4) is 10.4 Å². The van der Waals surface area contributed by atoms with E-state index in [1.54, 1.807) is 11.3 Å². The third-order valence-corrected chi connectivity index (χ3v) is 6.88. The number of hydrogen-bond acceptors (Lipinski definition) is 3. The van der Waals surface area contributed by atoms with Gasteiger partial charge in [0.05, 0.1) is 5.41 Å². The van der Waals surface area contributed by atoms with Gasteiger partial charge in [0.25, 0.3) is 0 Å². The molecule has 0 amide bonds. The highest BCUT2D eigenvalue weighted by molar-refractivity contribution is 7.16. The highest BCUT2D eigenvalue weighted by atomic mass is 32.1. The normalized spacial score (nSPS) is 17.0. The molecule has 164 valence electrons. The van der Waals surface area contributed by atoms with Crippen molar-refractivity contribution >= 4 is 17.4 Å². The van der Waals surface area contributed by atoms with Crippen LogP contribution in [0.15, 0.2) is 30.5 Å². The highest BCUT2D eigenvalue weighted by Gasteiger charge is 2.46. The Labute approximate surface area is 181 Å². The second-order valence-electron chi connectivity index (χ2n) is 9.96. The lowest BCUT2D eigenvalue weighted by Gasteiger charge is -2.27. The Balaban J connectivity index is 1.84. The van der Waals surface area contributed by atoms with Gasteiger partial charge in [0.15, 0.2) is 0 Å². The number of nitrogens with one attached hydrogen (secondary N) is 2. The van der Waals surface area contributed by atoms with E-state index in [1.165, 1.54) is 29.9 Å². The van der Waals surface area contributed by atoms with E-state index >= 15 is 0 Å². The first-order valence-corrected chi connectivity index (χ1v) is 11.1. The standard InChI is InChI=1S/C24H31F3N2S/c1-15-18-11-12-28-21(29-14-22(2,3)4)20(18)30-19(15)17-9-7-16(8-10-17)13-23(5,6)24(25,26)27/h7-12,21,28-29H,13-14H2,1-6H3. The van der Waals surface area contributed by atoms with Crippen LogP contribution in [0.4, 0.5) is 13.2 Å². The number of rotatable bonds is 5. The Hall–Kier alpha value is -1.79. The van der Waals surface area contributed by atoms with E-state index in [0.29, 0.717) is 5.56 Å². The summed E-state index contributed by atoms with van der Waals surface area (Å²) in [5.74, 6) is 0. The molecule has 1 unspecified atom stereocenters. The summed E-state index contributed by atoms with van der Waals surface area (Å²) >= 11 is 1.74. The van der Waals surface area contributed by atoms with Gasteiger partial charge in [-0.1, -0.05) is 58.9 Å². The number of halogens is 3. The molecule has 6 heteroatoms. The minimum Gasteiger partial charge on any atom is -0.371 e. The van der Waals surface area contributed by atoms with Gasteiger partial charge >= 0.3 is 6.18 Å². The first kappa shape index (κ1) is 22.9. The summed E-state index contributed by atoms with van der Waals surface area (Å²) in [6.07, 6.45) is -0.103. The zero-order valence-electron chi connectivity index (χ0n) is 18.5. The monoisotopic (exact) mass is 436 g/mol. The van der Waals surface area contributed by atoms with Crippen LogP contribution in [-0.2, 0) is 6.42 Å². The third-order valence-electron chi connectivity index (χ3n) is 5.46. The fraction of sp³-hybridized carbons (Fsp3) is 0.500. The van der Waals surface area contributed by atoms with Crippen LogP contribution in [0.2, 0.25) is 0 Å². The molecule has 0 saturated heterocycles. The van der Waals surface area contributed by atoms with Crippen LogP contribution in [0, 0.1) is 17.8 Å².